The minimum Gasteiger partial charge on any atom is -0.360 e. The van der Waals surface area contributed by atoms with Crippen LogP contribution in [0.2, 0.25) is 0 Å². The van der Waals surface area contributed by atoms with Gasteiger partial charge in [0.05, 0.1) is 12.2 Å². The molecule has 6 nitrogen and oxygen atoms in total. The molecule has 0 fully saturated rings. The zero-order valence-electron chi connectivity index (χ0n) is 15.2. The van der Waals surface area contributed by atoms with E-state index in [0.717, 1.165) is 36.3 Å². The quantitative estimate of drug-likeness (QED) is 0.868. The largest absolute Gasteiger partial charge is 0.360 e. The number of fused-ring (bicyclic) bond motifs is 1. The van der Waals surface area contributed by atoms with Crippen LogP contribution < -0.4 is 0 Å². The first-order valence-electron chi connectivity index (χ1n) is 8.47. The lowest BCUT2D eigenvalue weighted by Crippen LogP contribution is -2.31. The predicted molar refractivity (Wildman–Crippen MR) is 90.5 cm³/mol. The first-order chi connectivity index (χ1) is 11.3. The predicted octanol–water partition coefficient (Wildman–Crippen LogP) is 2.83. The molecule has 0 unspecified atom stereocenters. The number of rotatable bonds is 3. The maximum atomic E-state index is 12.8. The van der Waals surface area contributed by atoms with Gasteiger partial charge in [0.25, 0.3) is 5.91 Å². The summed E-state index contributed by atoms with van der Waals surface area (Å²) in [5, 5.41) is 8.24. The molecule has 6 heteroatoms. The van der Waals surface area contributed by atoms with Crippen LogP contribution in [0.1, 0.15) is 54.7 Å². The third kappa shape index (κ3) is 3.09. The number of amides is 1. The van der Waals surface area contributed by atoms with E-state index in [0.29, 0.717) is 18.2 Å². The fraction of sp³-hybridized carbons (Fsp3) is 0.611. The molecule has 2 aromatic rings. The molecule has 2 heterocycles. The van der Waals surface area contributed by atoms with Crippen molar-refractivity contribution in [2.75, 3.05) is 7.05 Å². The molecular formula is C18H26N4O2. The van der Waals surface area contributed by atoms with Gasteiger partial charge in [-0.05, 0) is 30.2 Å². The van der Waals surface area contributed by atoms with Crippen molar-refractivity contribution in [1.82, 2.24) is 19.8 Å². The zero-order chi connectivity index (χ0) is 17.5. The summed E-state index contributed by atoms with van der Waals surface area (Å²) in [5.41, 5.74) is 2.68. The van der Waals surface area contributed by atoms with Crippen molar-refractivity contribution in [1.29, 1.82) is 0 Å². The minimum absolute atomic E-state index is 0.0873. The molecule has 0 saturated carbocycles. The Labute approximate surface area is 142 Å². The molecule has 0 aromatic carbocycles. The lowest BCUT2D eigenvalue weighted by Gasteiger charge is -2.33. The Kier molecular flexibility index (Phi) is 4.24. The highest BCUT2D eigenvalue weighted by Gasteiger charge is 2.34. The smallest absolute Gasteiger partial charge is 0.276 e. The van der Waals surface area contributed by atoms with Gasteiger partial charge in [-0.15, -0.1) is 0 Å². The molecule has 130 valence electrons. The second-order valence-electron chi connectivity index (χ2n) is 7.85. The third-order valence-corrected chi connectivity index (χ3v) is 5.14. The van der Waals surface area contributed by atoms with Crippen molar-refractivity contribution in [3.8, 4) is 0 Å². The van der Waals surface area contributed by atoms with Crippen LogP contribution in [0.15, 0.2) is 16.8 Å². The van der Waals surface area contributed by atoms with Crippen molar-refractivity contribution >= 4 is 5.91 Å². The lowest BCUT2D eigenvalue weighted by atomic mass is 9.71. The van der Waals surface area contributed by atoms with Gasteiger partial charge in [0.1, 0.15) is 5.76 Å². The highest BCUT2D eigenvalue weighted by molar-refractivity contribution is 5.93. The van der Waals surface area contributed by atoms with Crippen molar-refractivity contribution < 1.29 is 9.32 Å². The lowest BCUT2D eigenvalue weighted by molar-refractivity contribution is 0.0770. The van der Waals surface area contributed by atoms with Crippen LogP contribution in [0, 0.1) is 11.3 Å². The van der Waals surface area contributed by atoms with Crippen molar-refractivity contribution in [2.24, 2.45) is 18.4 Å². The van der Waals surface area contributed by atoms with E-state index in [1.54, 1.807) is 22.8 Å². The molecule has 1 aliphatic rings. The van der Waals surface area contributed by atoms with Crippen LogP contribution >= 0.6 is 0 Å². The number of aromatic nitrogens is 3. The van der Waals surface area contributed by atoms with Crippen LogP contribution in [0.4, 0.5) is 0 Å². The summed E-state index contributed by atoms with van der Waals surface area (Å²) >= 11 is 0. The maximum absolute atomic E-state index is 12.8. The van der Waals surface area contributed by atoms with Crippen LogP contribution in [0.25, 0.3) is 0 Å². The highest BCUT2D eigenvalue weighted by atomic mass is 16.5. The molecule has 0 saturated heterocycles. The first-order valence-corrected chi connectivity index (χ1v) is 8.47. The van der Waals surface area contributed by atoms with Gasteiger partial charge in [-0.3, -0.25) is 9.48 Å². The standard InChI is InChI=1S/C18H26N4O2/c1-18(2,3)12-6-7-15-14(10-12)16(20-24-15)17(23)21(4)11-13-8-9-19-22(13)5/h8-9,12H,6-7,10-11H2,1-5H3/t12-/m1/s1. The van der Waals surface area contributed by atoms with Gasteiger partial charge in [0.2, 0.25) is 0 Å². The molecule has 2 aromatic heterocycles. The Morgan fingerprint density at radius 1 is 1.46 bits per heavy atom. The summed E-state index contributed by atoms with van der Waals surface area (Å²) in [5.74, 6) is 1.34. The average Bonchev–Trinajstić information content (AvgIpc) is 3.11. The molecule has 1 aliphatic carbocycles. The van der Waals surface area contributed by atoms with Gasteiger partial charge in [-0.25, -0.2) is 0 Å². The number of hydrogen-bond donors (Lipinski definition) is 0. The van der Waals surface area contributed by atoms with Crippen LogP contribution in [0.3, 0.4) is 0 Å². The summed E-state index contributed by atoms with van der Waals surface area (Å²) < 4.78 is 7.24. The molecule has 0 aliphatic heterocycles. The van der Waals surface area contributed by atoms with Crippen LogP contribution in [0.5, 0.6) is 0 Å². The summed E-state index contributed by atoms with van der Waals surface area (Å²) in [6, 6.07) is 1.91. The Morgan fingerprint density at radius 3 is 2.83 bits per heavy atom. The van der Waals surface area contributed by atoms with Gasteiger partial charge >= 0.3 is 0 Å². The SMILES string of the molecule is CN(Cc1ccnn1C)C(=O)c1noc2c1C[C@H](C(C)(C)C)CC2. The van der Waals surface area contributed by atoms with Crippen molar-refractivity contribution in [3.63, 3.8) is 0 Å². The second-order valence-corrected chi connectivity index (χ2v) is 7.85. The van der Waals surface area contributed by atoms with E-state index in [4.69, 9.17) is 4.52 Å². The van der Waals surface area contributed by atoms with E-state index < -0.39 is 0 Å². The summed E-state index contributed by atoms with van der Waals surface area (Å²) in [4.78, 5) is 14.5. The van der Waals surface area contributed by atoms with Gasteiger partial charge in [0.15, 0.2) is 5.69 Å². The fourth-order valence-corrected chi connectivity index (χ4v) is 3.36. The zero-order valence-corrected chi connectivity index (χ0v) is 15.2. The maximum Gasteiger partial charge on any atom is 0.276 e. The normalized spacial score (nSPS) is 17.6. The van der Waals surface area contributed by atoms with Crippen molar-refractivity contribution in [2.45, 2.75) is 46.6 Å². The summed E-state index contributed by atoms with van der Waals surface area (Å²) in [7, 11) is 3.67. The summed E-state index contributed by atoms with van der Waals surface area (Å²) in [6.07, 6.45) is 4.55. The number of nitrogens with zero attached hydrogens (tertiary/aromatic N) is 4. The van der Waals surface area contributed by atoms with Crippen LogP contribution in [-0.4, -0.2) is 32.8 Å². The molecule has 0 spiro atoms. The molecule has 1 atom stereocenters. The average molecular weight is 330 g/mol. The molecule has 0 bridgehead atoms. The molecule has 0 radical (unpaired) electrons. The number of carbonyl (C=O) groups is 1. The Bertz CT molecular complexity index is 739. The number of hydrogen-bond acceptors (Lipinski definition) is 4. The van der Waals surface area contributed by atoms with Crippen molar-refractivity contribution in [3.05, 3.63) is 35.0 Å². The van der Waals surface area contributed by atoms with Gasteiger partial charge < -0.3 is 9.42 Å². The van der Waals surface area contributed by atoms with Gasteiger partial charge in [-0.2, -0.15) is 5.10 Å². The van der Waals surface area contributed by atoms with E-state index in [-0.39, 0.29) is 11.3 Å². The summed E-state index contributed by atoms with van der Waals surface area (Å²) in [6.45, 7) is 7.27. The van der Waals surface area contributed by atoms with E-state index in [2.05, 4.69) is 31.0 Å². The number of carbonyl (C=O) groups excluding carboxylic acids is 1. The van der Waals surface area contributed by atoms with E-state index in [1.807, 2.05) is 13.1 Å². The van der Waals surface area contributed by atoms with E-state index >= 15 is 0 Å². The highest BCUT2D eigenvalue weighted by Crippen LogP contribution is 2.38. The molecule has 24 heavy (non-hydrogen) atoms. The molecule has 3 rings (SSSR count). The Morgan fingerprint density at radius 2 is 2.21 bits per heavy atom. The van der Waals surface area contributed by atoms with Gasteiger partial charge in [-0.1, -0.05) is 25.9 Å². The first kappa shape index (κ1) is 16.7. The second kappa shape index (κ2) is 6.07. The van der Waals surface area contributed by atoms with Gasteiger partial charge in [0, 0.05) is 32.3 Å². The number of aryl methyl sites for hydroxylation is 2. The fourth-order valence-electron chi connectivity index (χ4n) is 3.36. The molecule has 1 amide bonds. The third-order valence-electron chi connectivity index (χ3n) is 5.14. The Balaban J connectivity index is 1.80. The monoisotopic (exact) mass is 330 g/mol. The topological polar surface area (TPSA) is 64.2 Å². The van der Waals surface area contributed by atoms with E-state index in [9.17, 15) is 4.79 Å². The van der Waals surface area contributed by atoms with Crippen LogP contribution in [-0.2, 0) is 26.4 Å². The molecule has 0 N–H and O–H groups in total. The molecular weight excluding hydrogens is 304 g/mol. The Hall–Kier alpha value is -2.11. The minimum atomic E-state index is -0.0873. The van der Waals surface area contributed by atoms with E-state index in [1.165, 1.54) is 0 Å².